The van der Waals surface area contributed by atoms with E-state index in [9.17, 15) is 0 Å². The van der Waals surface area contributed by atoms with Crippen molar-refractivity contribution in [2.24, 2.45) is 5.84 Å². The molecule has 1 aliphatic rings. The topological polar surface area (TPSA) is 60.2 Å². The molecule has 0 aliphatic carbocycles. The first-order chi connectivity index (χ1) is 9.78. The SMILES string of the molecule is Cc1nc(CC(NN)c2cccc3c2OCCC3)cs1. The van der Waals surface area contributed by atoms with E-state index in [1.165, 1.54) is 5.56 Å². The molecule has 2 aromatic rings. The predicted octanol–water partition coefficient (Wildman–Crippen LogP) is 2.52. The Morgan fingerprint density at radius 1 is 1.50 bits per heavy atom. The third-order valence-corrected chi connectivity index (χ3v) is 4.44. The predicted molar refractivity (Wildman–Crippen MR) is 80.9 cm³/mol. The van der Waals surface area contributed by atoms with Gasteiger partial charge in [0.15, 0.2) is 0 Å². The highest BCUT2D eigenvalue weighted by atomic mass is 32.1. The molecular weight excluding hydrogens is 270 g/mol. The van der Waals surface area contributed by atoms with Gasteiger partial charge in [-0.25, -0.2) is 4.98 Å². The minimum absolute atomic E-state index is 0.0320. The number of hydrazine groups is 1. The zero-order chi connectivity index (χ0) is 13.9. The van der Waals surface area contributed by atoms with Gasteiger partial charge in [0.1, 0.15) is 5.75 Å². The van der Waals surface area contributed by atoms with E-state index in [4.69, 9.17) is 10.6 Å². The summed E-state index contributed by atoms with van der Waals surface area (Å²) in [6.45, 7) is 2.81. The molecular formula is C15H19N3OS. The van der Waals surface area contributed by atoms with Crippen molar-refractivity contribution in [2.75, 3.05) is 6.61 Å². The van der Waals surface area contributed by atoms with E-state index >= 15 is 0 Å². The number of aromatic nitrogens is 1. The number of fused-ring (bicyclic) bond motifs is 1. The maximum Gasteiger partial charge on any atom is 0.127 e. The Balaban J connectivity index is 1.89. The number of hydrogen-bond acceptors (Lipinski definition) is 5. The zero-order valence-electron chi connectivity index (χ0n) is 11.6. The molecule has 1 aromatic carbocycles. The van der Waals surface area contributed by atoms with E-state index in [1.807, 2.05) is 6.92 Å². The van der Waals surface area contributed by atoms with Crippen LogP contribution in [-0.4, -0.2) is 11.6 Å². The zero-order valence-corrected chi connectivity index (χ0v) is 12.4. The first-order valence-electron chi connectivity index (χ1n) is 6.89. The van der Waals surface area contributed by atoms with Crippen molar-refractivity contribution in [3.8, 4) is 5.75 Å². The van der Waals surface area contributed by atoms with Crippen LogP contribution in [0.5, 0.6) is 5.75 Å². The summed E-state index contributed by atoms with van der Waals surface area (Å²) in [7, 11) is 0. The first kappa shape index (κ1) is 13.5. The number of aryl methyl sites for hydroxylation is 2. The molecule has 1 atom stereocenters. The second-order valence-corrected chi connectivity index (χ2v) is 6.13. The van der Waals surface area contributed by atoms with Gasteiger partial charge < -0.3 is 4.74 Å². The molecule has 0 saturated heterocycles. The highest BCUT2D eigenvalue weighted by molar-refractivity contribution is 7.09. The number of nitrogens with two attached hydrogens (primary N) is 1. The lowest BCUT2D eigenvalue weighted by Crippen LogP contribution is -2.30. The van der Waals surface area contributed by atoms with Gasteiger partial charge in [-0.05, 0) is 25.3 Å². The number of thiazole rings is 1. The van der Waals surface area contributed by atoms with Crippen LogP contribution in [0, 0.1) is 6.92 Å². The number of nitrogens with zero attached hydrogens (tertiary/aromatic N) is 1. The van der Waals surface area contributed by atoms with E-state index in [0.717, 1.165) is 47.9 Å². The van der Waals surface area contributed by atoms with E-state index in [2.05, 4.69) is 34.0 Å². The van der Waals surface area contributed by atoms with Crippen LogP contribution in [0.1, 0.15) is 34.3 Å². The Bertz CT molecular complexity index is 597. The van der Waals surface area contributed by atoms with Crippen LogP contribution in [0.2, 0.25) is 0 Å². The Hall–Kier alpha value is -1.43. The summed E-state index contributed by atoms with van der Waals surface area (Å²) in [6.07, 6.45) is 2.94. The fourth-order valence-electron chi connectivity index (χ4n) is 2.66. The van der Waals surface area contributed by atoms with E-state index < -0.39 is 0 Å². The Labute approximate surface area is 123 Å². The summed E-state index contributed by atoms with van der Waals surface area (Å²) in [5, 5.41) is 3.18. The fraction of sp³-hybridized carbons (Fsp3) is 0.400. The molecule has 1 aromatic heterocycles. The van der Waals surface area contributed by atoms with Gasteiger partial charge in [-0.3, -0.25) is 11.3 Å². The van der Waals surface area contributed by atoms with Crippen molar-refractivity contribution in [3.05, 3.63) is 45.4 Å². The molecule has 20 heavy (non-hydrogen) atoms. The van der Waals surface area contributed by atoms with Gasteiger partial charge >= 0.3 is 0 Å². The van der Waals surface area contributed by atoms with Crippen LogP contribution in [0.3, 0.4) is 0 Å². The van der Waals surface area contributed by atoms with Gasteiger partial charge in [-0.1, -0.05) is 18.2 Å². The van der Waals surface area contributed by atoms with Gasteiger partial charge in [0.05, 0.1) is 23.4 Å². The molecule has 0 fully saturated rings. The monoisotopic (exact) mass is 289 g/mol. The quantitative estimate of drug-likeness (QED) is 0.671. The molecule has 0 amide bonds. The Morgan fingerprint density at radius 3 is 3.15 bits per heavy atom. The average molecular weight is 289 g/mol. The number of benzene rings is 1. The van der Waals surface area contributed by atoms with Crippen molar-refractivity contribution >= 4 is 11.3 Å². The summed E-state index contributed by atoms with van der Waals surface area (Å²) in [6, 6.07) is 6.34. The molecule has 0 bridgehead atoms. The summed E-state index contributed by atoms with van der Waals surface area (Å²) in [5.41, 5.74) is 6.40. The lowest BCUT2D eigenvalue weighted by molar-refractivity contribution is 0.281. The first-order valence-corrected chi connectivity index (χ1v) is 7.77. The maximum absolute atomic E-state index is 5.87. The molecule has 4 nitrogen and oxygen atoms in total. The summed E-state index contributed by atoms with van der Waals surface area (Å²) >= 11 is 1.67. The molecule has 1 aliphatic heterocycles. The van der Waals surface area contributed by atoms with Crippen molar-refractivity contribution in [1.29, 1.82) is 0 Å². The van der Waals surface area contributed by atoms with Gasteiger partial charge in [0.25, 0.3) is 0 Å². The summed E-state index contributed by atoms with van der Waals surface area (Å²) in [4.78, 5) is 4.52. The van der Waals surface area contributed by atoms with Crippen molar-refractivity contribution < 1.29 is 4.74 Å². The van der Waals surface area contributed by atoms with Gasteiger partial charge in [-0.15, -0.1) is 11.3 Å². The molecule has 0 saturated carbocycles. The second-order valence-electron chi connectivity index (χ2n) is 5.07. The molecule has 1 unspecified atom stereocenters. The van der Waals surface area contributed by atoms with Crippen molar-refractivity contribution in [1.82, 2.24) is 10.4 Å². The third kappa shape index (κ3) is 2.70. The highest BCUT2D eigenvalue weighted by Gasteiger charge is 2.21. The van der Waals surface area contributed by atoms with Crippen LogP contribution >= 0.6 is 11.3 Å². The Morgan fingerprint density at radius 2 is 2.40 bits per heavy atom. The number of ether oxygens (including phenoxy) is 1. The molecule has 0 spiro atoms. The van der Waals surface area contributed by atoms with Gasteiger partial charge in [0, 0.05) is 17.4 Å². The second kappa shape index (κ2) is 5.91. The minimum Gasteiger partial charge on any atom is -0.493 e. The normalized spacial score (nSPS) is 15.5. The molecule has 3 N–H and O–H groups in total. The number of rotatable bonds is 4. The largest absolute Gasteiger partial charge is 0.493 e. The van der Waals surface area contributed by atoms with E-state index in [1.54, 1.807) is 11.3 Å². The smallest absolute Gasteiger partial charge is 0.127 e. The van der Waals surface area contributed by atoms with E-state index in [0.29, 0.717) is 0 Å². The molecule has 106 valence electrons. The van der Waals surface area contributed by atoms with Crippen LogP contribution in [0.4, 0.5) is 0 Å². The van der Waals surface area contributed by atoms with Crippen LogP contribution in [-0.2, 0) is 12.8 Å². The number of nitrogens with one attached hydrogen (secondary N) is 1. The van der Waals surface area contributed by atoms with Crippen molar-refractivity contribution in [3.63, 3.8) is 0 Å². The van der Waals surface area contributed by atoms with E-state index in [-0.39, 0.29) is 6.04 Å². The Kier molecular flexibility index (Phi) is 4.00. The highest BCUT2D eigenvalue weighted by Crippen LogP contribution is 2.34. The molecule has 0 radical (unpaired) electrons. The number of hydrogen-bond donors (Lipinski definition) is 2. The maximum atomic E-state index is 5.87. The van der Waals surface area contributed by atoms with Crippen LogP contribution in [0.15, 0.2) is 23.6 Å². The fourth-order valence-corrected chi connectivity index (χ4v) is 3.28. The minimum atomic E-state index is 0.0320. The lowest BCUT2D eigenvalue weighted by atomic mass is 9.96. The third-order valence-electron chi connectivity index (χ3n) is 3.62. The van der Waals surface area contributed by atoms with Gasteiger partial charge in [0.2, 0.25) is 0 Å². The summed E-state index contributed by atoms with van der Waals surface area (Å²) in [5.74, 6) is 6.77. The molecule has 5 heteroatoms. The van der Waals surface area contributed by atoms with Gasteiger partial charge in [-0.2, -0.15) is 0 Å². The van der Waals surface area contributed by atoms with Crippen LogP contribution in [0.25, 0.3) is 0 Å². The van der Waals surface area contributed by atoms with Crippen LogP contribution < -0.4 is 16.0 Å². The molecule has 2 heterocycles. The number of para-hydroxylation sites is 1. The molecule has 3 rings (SSSR count). The van der Waals surface area contributed by atoms with Crippen molar-refractivity contribution in [2.45, 2.75) is 32.2 Å². The summed E-state index contributed by atoms with van der Waals surface area (Å²) < 4.78 is 5.87. The standard InChI is InChI=1S/C15H19N3OS/c1-10-17-12(9-20-10)8-14(18-16)13-6-2-4-11-5-3-7-19-15(11)13/h2,4,6,9,14,18H,3,5,7-8,16H2,1H3. The lowest BCUT2D eigenvalue weighted by Gasteiger charge is -2.24. The average Bonchev–Trinajstić information content (AvgIpc) is 2.89.